The van der Waals surface area contributed by atoms with Crippen molar-refractivity contribution in [3.63, 3.8) is 0 Å². The van der Waals surface area contributed by atoms with Crippen molar-refractivity contribution in [1.82, 2.24) is 15.6 Å². The van der Waals surface area contributed by atoms with Crippen LogP contribution in [0.1, 0.15) is 57.5 Å². The number of aromatic nitrogens is 1. The van der Waals surface area contributed by atoms with Crippen molar-refractivity contribution in [2.75, 3.05) is 13.1 Å². The van der Waals surface area contributed by atoms with Gasteiger partial charge in [-0.05, 0) is 99.2 Å². The fourth-order valence-electron chi connectivity index (χ4n) is 8.57. The van der Waals surface area contributed by atoms with Crippen LogP contribution >= 0.6 is 11.3 Å². The van der Waals surface area contributed by atoms with Crippen molar-refractivity contribution in [3.05, 3.63) is 189 Å². The van der Waals surface area contributed by atoms with Crippen LogP contribution < -0.4 is 10.6 Å². The van der Waals surface area contributed by atoms with Gasteiger partial charge in [0.1, 0.15) is 0 Å². The molecule has 252 valence electrons. The van der Waals surface area contributed by atoms with Crippen molar-refractivity contribution in [2.45, 2.75) is 31.6 Å². The second-order valence-electron chi connectivity index (χ2n) is 14.3. The zero-order valence-electron chi connectivity index (χ0n) is 29.2. The Morgan fingerprint density at radius 1 is 0.769 bits per heavy atom. The molecular weight excluding hydrogens is 651 g/mol. The van der Waals surface area contributed by atoms with Crippen molar-refractivity contribution in [1.29, 1.82) is 0 Å². The normalized spacial score (nSPS) is 19.7. The van der Waals surface area contributed by atoms with Gasteiger partial charge in [-0.3, -0.25) is 4.98 Å². The summed E-state index contributed by atoms with van der Waals surface area (Å²) in [6.45, 7) is 3.99. The Morgan fingerprint density at radius 2 is 1.60 bits per heavy atom. The second-order valence-corrected chi connectivity index (χ2v) is 15.6. The summed E-state index contributed by atoms with van der Waals surface area (Å²) in [6.07, 6.45) is 22.5. The van der Waals surface area contributed by atoms with Gasteiger partial charge in [0.05, 0.1) is 22.6 Å². The minimum atomic E-state index is 0.177. The summed E-state index contributed by atoms with van der Waals surface area (Å²) in [5.74, 6) is 0.509. The molecule has 4 aromatic carbocycles. The van der Waals surface area contributed by atoms with Gasteiger partial charge in [0.15, 0.2) is 0 Å². The molecule has 2 unspecified atom stereocenters. The molecule has 4 aliphatic rings. The lowest BCUT2D eigenvalue weighted by atomic mass is 9.77. The maximum Gasteiger partial charge on any atom is 0.0706 e. The Bertz CT molecular complexity index is 2660. The fraction of sp³-hybridized carbons (Fsp3) is 0.146. The zero-order chi connectivity index (χ0) is 34.6. The monoisotopic (exact) mass is 689 g/mol. The number of allylic oxidation sites excluding steroid dienone is 8. The van der Waals surface area contributed by atoms with Crippen LogP contribution in [0.15, 0.2) is 156 Å². The highest BCUT2D eigenvalue weighted by atomic mass is 32.1. The zero-order valence-corrected chi connectivity index (χ0v) is 30.0. The first-order valence-corrected chi connectivity index (χ1v) is 19.2. The number of fused-ring (bicyclic) bond motifs is 4. The summed E-state index contributed by atoms with van der Waals surface area (Å²) in [5.41, 5.74) is 14.0. The molecule has 0 radical (unpaired) electrons. The first kappa shape index (κ1) is 31.1. The van der Waals surface area contributed by atoms with Gasteiger partial charge in [0, 0.05) is 39.9 Å². The molecular formula is C48H39N3S. The van der Waals surface area contributed by atoms with Gasteiger partial charge in [-0.1, -0.05) is 121 Å². The molecule has 0 saturated heterocycles. The average molecular weight is 690 g/mol. The summed E-state index contributed by atoms with van der Waals surface area (Å²) in [4.78, 5) is 6.66. The summed E-state index contributed by atoms with van der Waals surface area (Å²) in [7, 11) is 0. The standard InChI is InChI=1S/C48H39N3S/c1-30-40(41-13-3-5-16-45(41)52-30)22-21-39-28-36-9-2-4-15-44(36)51-46(39)37-11-6-10-31(27-37)32-17-18-34-26-35(20-19-33(34)25-32)43-29-38-12-7-23-49-47(38)48-42(43)14-8-24-50-48/h2-22,25-26,28,37,43,49-50H,23-24,27,29H2,1H3/b22-21-. The van der Waals surface area contributed by atoms with Crippen LogP contribution in [-0.2, 0) is 0 Å². The van der Waals surface area contributed by atoms with Crippen LogP contribution in [-0.4, -0.2) is 18.1 Å². The second kappa shape index (κ2) is 12.8. The number of nitrogens with one attached hydrogen (secondary N) is 2. The van der Waals surface area contributed by atoms with Crippen LogP contribution in [0.2, 0.25) is 0 Å². The van der Waals surface area contributed by atoms with Crippen LogP contribution in [0, 0.1) is 6.92 Å². The number of hydrogen-bond acceptors (Lipinski definition) is 4. The lowest BCUT2D eigenvalue weighted by Crippen LogP contribution is -2.33. The molecule has 4 heteroatoms. The van der Waals surface area contributed by atoms with Gasteiger partial charge in [0.2, 0.25) is 0 Å². The van der Waals surface area contributed by atoms with Gasteiger partial charge in [-0.25, -0.2) is 0 Å². The molecule has 2 aliphatic heterocycles. The van der Waals surface area contributed by atoms with E-state index in [2.05, 4.69) is 163 Å². The average Bonchev–Trinajstić information content (AvgIpc) is 3.53. The van der Waals surface area contributed by atoms with Crippen molar-refractivity contribution in [3.8, 4) is 0 Å². The molecule has 4 heterocycles. The van der Waals surface area contributed by atoms with Crippen LogP contribution in [0.4, 0.5) is 0 Å². The van der Waals surface area contributed by atoms with Gasteiger partial charge < -0.3 is 10.6 Å². The van der Waals surface area contributed by atoms with E-state index in [1.807, 2.05) is 11.3 Å². The fourth-order valence-corrected chi connectivity index (χ4v) is 9.62. The molecule has 2 N–H and O–H groups in total. The number of pyridine rings is 1. The van der Waals surface area contributed by atoms with E-state index in [1.54, 1.807) is 0 Å². The first-order valence-electron chi connectivity index (χ1n) is 18.4. The molecule has 10 rings (SSSR count). The van der Waals surface area contributed by atoms with Crippen LogP contribution in [0.25, 0.3) is 49.5 Å². The SMILES string of the molecule is Cc1sc2ccccc2c1/C=C\c1cc2ccccc2nc1C1C=CC=C(c2ccc3cc(C4CC5=C(NCC=C5)C5=C4C=CCN5)ccc3c2)C1. The molecule has 2 atom stereocenters. The predicted molar refractivity (Wildman–Crippen MR) is 221 cm³/mol. The van der Waals surface area contributed by atoms with Gasteiger partial charge in [-0.15, -0.1) is 11.3 Å². The van der Waals surface area contributed by atoms with E-state index in [9.17, 15) is 0 Å². The van der Waals surface area contributed by atoms with Gasteiger partial charge in [0.25, 0.3) is 0 Å². The van der Waals surface area contributed by atoms with Crippen LogP contribution in [0.3, 0.4) is 0 Å². The predicted octanol–water partition coefficient (Wildman–Crippen LogP) is 11.5. The molecule has 0 amide bonds. The number of rotatable bonds is 5. The molecule has 3 nitrogen and oxygen atoms in total. The number of nitrogens with zero attached hydrogens (tertiary/aromatic N) is 1. The van der Waals surface area contributed by atoms with Crippen molar-refractivity contribution >= 4 is 60.8 Å². The number of benzene rings is 4. The summed E-state index contributed by atoms with van der Waals surface area (Å²) in [6, 6.07) is 33.6. The van der Waals surface area contributed by atoms with Gasteiger partial charge in [-0.2, -0.15) is 0 Å². The van der Waals surface area contributed by atoms with Gasteiger partial charge >= 0.3 is 0 Å². The molecule has 52 heavy (non-hydrogen) atoms. The number of thiophene rings is 1. The lowest BCUT2D eigenvalue weighted by Gasteiger charge is -2.34. The lowest BCUT2D eigenvalue weighted by molar-refractivity contribution is 0.687. The summed E-state index contributed by atoms with van der Waals surface area (Å²) < 4.78 is 1.33. The van der Waals surface area contributed by atoms with Crippen molar-refractivity contribution in [2.24, 2.45) is 0 Å². The summed E-state index contributed by atoms with van der Waals surface area (Å²) >= 11 is 1.86. The van der Waals surface area contributed by atoms with E-state index in [0.29, 0.717) is 5.92 Å². The number of para-hydroxylation sites is 1. The van der Waals surface area contributed by atoms with E-state index in [-0.39, 0.29) is 5.92 Å². The molecule has 0 spiro atoms. The Hall–Kier alpha value is -5.71. The van der Waals surface area contributed by atoms with E-state index < -0.39 is 0 Å². The molecule has 0 fully saturated rings. The maximum absolute atomic E-state index is 5.32. The Labute approximate surface area is 308 Å². The minimum absolute atomic E-state index is 0.177. The van der Waals surface area contributed by atoms with E-state index in [1.165, 1.54) is 81.5 Å². The Balaban J connectivity index is 0.956. The Morgan fingerprint density at radius 3 is 2.56 bits per heavy atom. The maximum atomic E-state index is 5.32. The third-order valence-electron chi connectivity index (χ3n) is 11.2. The molecule has 6 aromatic rings. The largest absolute Gasteiger partial charge is 0.380 e. The van der Waals surface area contributed by atoms with Crippen LogP contribution in [0.5, 0.6) is 0 Å². The highest BCUT2D eigenvalue weighted by Crippen LogP contribution is 2.43. The number of dihydropyridines is 2. The molecule has 2 aliphatic carbocycles. The van der Waals surface area contributed by atoms with E-state index >= 15 is 0 Å². The first-order chi connectivity index (χ1) is 25.7. The summed E-state index contributed by atoms with van der Waals surface area (Å²) in [5, 5.41) is 12.3. The smallest absolute Gasteiger partial charge is 0.0706 e. The molecule has 0 bridgehead atoms. The van der Waals surface area contributed by atoms with E-state index in [4.69, 9.17) is 4.98 Å². The Kier molecular flexibility index (Phi) is 7.65. The topological polar surface area (TPSA) is 37.0 Å². The quantitative estimate of drug-likeness (QED) is 0.189. The highest BCUT2D eigenvalue weighted by Gasteiger charge is 2.30. The number of aryl methyl sites for hydroxylation is 1. The van der Waals surface area contributed by atoms with Crippen molar-refractivity contribution < 1.29 is 0 Å². The third-order valence-corrected chi connectivity index (χ3v) is 12.3. The highest BCUT2D eigenvalue weighted by molar-refractivity contribution is 7.19. The van der Waals surface area contributed by atoms with E-state index in [0.717, 1.165) is 37.1 Å². The third kappa shape index (κ3) is 5.46. The minimum Gasteiger partial charge on any atom is -0.380 e. The number of hydrogen-bond donors (Lipinski definition) is 2. The molecule has 2 aromatic heterocycles. The molecule has 0 saturated carbocycles.